The number of nitrogens with zero attached hydrogens (tertiary/aromatic N) is 1. The van der Waals surface area contributed by atoms with Crippen LogP contribution in [-0.4, -0.2) is 33.6 Å². The van der Waals surface area contributed by atoms with E-state index in [4.69, 9.17) is 0 Å². The van der Waals surface area contributed by atoms with Crippen molar-refractivity contribution in [2.75, 3.05) is 20.6 Å². The zero-order chi connectivity index (χ0) is 12.9. The minimum Gasteiger partial charge on any atom is -0.309 e. The van der Waals surface area contributed by atoms with Gasteiger partial charge in [-0.05, 0) is 32.6 Å². The summed E-state index contributed by atoms with van der Waals surface area (Å²) in [4.78, 5) is 2.27. The molecular formula is C15H25NSi. The third kappa shape index (κ3) is 4.13. The second kappa shape index (κ2) is 6.17. The molecule has 1 rings (SSSR count). The van der Waals surface area contributed by atoms with Gasteiger partial charge < -0.3 is 4.90 Å². The molecule has 1 nitrogen and oxygen atoms in total. The first kappa shape index (κ1) is 14.2. The van der Waals surface area contributed by atoms with Crippen LogP contribution in [0.1, 0.15) is 12.0 Å². The topological polar surface area (TPSA) is 3.24 Å². The molecule has 0 radical (unpaired) electrons. The SMILES string of the molecule is C=Cc1ccccc1[Si](C)(C)CCCN(C)C. The summed E-state index contributed by atoms with van der Waals surface area (Å²) in [6.07, 6.45) is 3.29. The van der Waals surface area contributed by atoms with Crippen LogP contribution in [0.25, 0.3) is 6.08 Å². The van der Waals surface area contributed by atoms with Crippen molar-refractivity contribution in [1.82, 2.24) is 4.90 Å². The third-order valence-electron chi connectivity index (χ3n) is 3.32. The van der Waals surface area contributed by atoms with Crippen molar-refractivity contribution in [3.05, 3.63) is 36.4 Å². The van der Waals surface area contributed by atoms with Crippen molar-refractivity contribution in [3.8, 4) is 0 Å². The molecule has 0 saturated carbocycles. The highest BCUT2D eigenvalue weighted by Crippen LogP contribution is 2.15. The molecule has 0 amide bonds. The Morgan fingerprint density at radius 2 is 1.88 bits per heavy atom. The van der Waals surface area contributed by atoms with Crippen molar-refractivity contribution < 1.29 is 0 Å². The molecule has 0 N–H and O–H groups in total. The largest absolute Gasteiger partial charge is 0.309 e. The normalized spacial score (nSPS) is 11.8. The van der Waals surface area contributed by atoms with E-state index in [9.17, 15) is 0 Å². The molecule has 1 aromatic carbocycles. The van der Waals surface area contributed by atoms with Crippen molar-refractivity contribution in [2.45, 2.75) is 25.6 Å². The van der Waals surface area contributed by atoms with Crippen molar-refractivity contribution in [3.63, 3.8) is 0 Å². The van der Waals surface area contributed by atoms with E-state index >= 15 is 0 Å². The van der Waals surface area contributed by atoms with Gasteiger partial charge in [-0.3, -0.25) is 0 Å². The van der Waals surface area contributed by atoms with Gasteiger partial charge in [-0.25, -0.2) is 0 Å². The van der Waals surface area contributed by atoms with Crippen molar-refractivity contribution in [2.24, 2.45) is 0 Å². The molecule has 17 heavy (non-hydrogen) atoms. The lowest BCUT2D eigenvalue weighted by molar-refractivity contribution is 0.408. The standard InChI is InChI=1S/C15H25NSi/c1-6-14-10-7-8-11-15(14)17(4,5)13-9-12-16(2)3/h6-8,10-11H,1,9,12-13H2,2-5H3. The minimum absolute atomic E-state index is 1.19. The van der Waals surface area contributed by atoms with Gasteiger partial charge in [0.25, 0.3) is 0 Å². The van der Waals surface area contributed by atoms with Crippen molar-refractivity contribution in [1.29, 1.82) is 0 Å². The summed E-state index contributed by atoms with van der Waals surface area (Å²) in [5.41, 5.74) is 1.33. The molecule has 0 bridgehead atoms. The second-order valence-electron chi connectivity index (χ2n) is 5.58. The molecule has 0 aliphatic rings. The summed E-state index contributed by atoms with van der Waals surface area (Å²) >= 11 is 0. The highest BCUT2D eigenvalue weighted by molar-refractivity contribution is 6.90. The average molecular weight is 247 g/mol. The molecule has 94 valence electrons. The molecule has 1 aromatic rings. The van der Waals surface area contributed by atoms with Crippen LogP contribution in [0.2, 0.25) is 19.1 Å². The van der Waals surface area contributed by atoms with E-state index in [0.29, 0.717) is 0 Å². The Bertz CT molecular complexity index is 369. The smallest absolute Gasteiger partial charge is 0.0814 e. The van der Waals surface area contributed by atoms with E-state index in [2.05, 4.69) is 62.9 Å². The fraction of sp³-hybridized carbons (Fsp3) is 0.467. The van der Waals surface area contributed by atoms with Crippen LogP contribution in [-0.2, 0) is 0 Å². The van der Waals surface area contributed by atoms with E-state index in [1.165, 1.54) is 24.6 Å². The molecular weight excluding hydrogens is 222 g/mol. The predicted octanol–water partition coefficient (Wildman–Crippen LogP) is 3.20. The van der Waals surface area contributed by atoms with Gasteiger partial charge in [-0.1, -0.05) is 61.2 Å². The maximum atomic E-state index is 3.93. The van der Waals surface area contributed by atoms with Gasteiger partial charge >= 0.3 is 0 Å². The predicted molar refractivity (Wildman–Crippen MR) is 81.6 cm³/mol. The number of hydrogen-bond donors (Lipinski definition) is 0. The van der Waals surface area contributed by atoms with E-state index in [1.54, 1.807) is 5.19 Å². The van der Waals surface area contributed by atoms with Crippen LogP contribution >= 0.6 is 0 Å². The Balaban J connectivity index is 2.77. The molecule has 0 atom stereocenters. The quantitative estimate of drug-likeness (QED) is 0.698. The Labute approximate surface area is 107 Å². The first-order valence-electron chi connectivity index (χ1n) is 6.34. The molecule has 0 spiro atoms. The molecule has 0 unspecified atom stereocenters. The zero-order valence-electron chi connectivity index (χ0n) is 11.7. The second-order valence-corrected chi connectivity index (χ2v) is 10.4. The van der Waals surface area contributed by atoms with E-state index < -0.39 is 8.07 Å². The van der Waals surface area contributed by atoms with Crippen LogP contribution in [0.5, 0.6) is 0 Å². The third-order valence-corrected chi connectivity index (χ3v) is 6.83. The van der Waals surface area contributed by atoms with Gasteiger partial charge in [-0.2, -0.15) is 0 Å². The van der Waals surface area contributed by atoms with Crippen LogP contribution in [0, 0.1) is 0 Å². The van der Waals surface area contributed by atoms with E-state index in [1.807, 2.05) is 6.08 Å². The summed E-state index contributed by atoms with van der Waals surface area (Å²) in [6, 6.07) is 10.1. The minimum atomic E-state index is -1.31. The van der Waals surface area contributed by atoms with E-state index in [-0.39, 0.29) is 0 Å². The van der Waals surface area contributed by atoms with Crippen LogP contribution < -0.4 is 5.19 Å². The Morgan fingerprint density at radius 1 is 1.24 bits per heavy atom. The van der Waals surface area contributed by atoms with Crippen LogP contribution in [0.3, 0.4) is 0 Å². The fourth-order valence-corrected chi connectivity index (χ4v) is 5.09. The summed E-state index contributed by atoms with van der Waals surface area (Å²) in [5, 5.41) is 1.55. The lowest BCUT2D eigenvalue weighted by atomic mass is 10.2. The maximum Gasteiger partial charge on any atom is 0.0814 e. The van der Waals surface area contributed by atoms with Crippen LogP contribution in [0.15, 0.2) is 30.8 Å². The Hall–Kier alpha value is -0.863. The number of hydrogen-bond acceptors (Lipinski definition) is 1. The van der Waals surface area contributed by atoms with Gasteiger partial charge in [0.2, 0.25) is 0 Å². The molecule has 0 heterocycles. The Morgan fingerprint density at radius 3 is 2.47 bits per heavy atom. The summed E-state index contributed by atoms with van der Waals surface area (Å²) in [7, 11) is 2.98. The highest BCUT2D eigenvalue weighted by Gasteiger charge is 2.24. The molecule has 0 aromatic heterocycles. The lowest BCUT2D eigenvalue weighted by Crippen LogP contribution is -2.43. The van der Waals surface area contributed by atoms with E-state index in [0.717, 1.165) is 0 Å². The van der Waals surface area contributed by atoms with Crippen molar-refractivity contribution >= 4 is 19.3 Å². The average Bonchev–Trinajstić information content (AvgIpc) is 2.28. The molecule has 0 aliphatic heterocycles. The zero-order valence-corrected chi connectivity index (χ0v) is 12.7. The lowest BCUT2D eigenvalue weighted by Gasteiger charge is -2.25. The first-order chi connectivity index (χ1) is 7.97. The molecule has 0 fully saturated rings. The monoisotopic (exact) mass is 247 g/mol. The highest BCUT2D eigenvalue weighted by atomic mass is 28.3. The number of rotatable bonds is 6. The summed E-state index contributed by atoms with van der Waals surface area (Å²) in [6.45, 7) is 10.0. The number of benzene rings is 1. The van der Waals surface area contributed by atoms with Gasteiger partial charge in [0.05, 0.1) is 8.07 Å². The van der Waals surface area contributed by atoms with Gasteiger partial charge in [0, 0.05) is 0 Å². The molecule has 2 heteroatoms. The molecule has 0 saturated heterocycles. The summed E-state index contributed by atoms with van der Waals surface area (Å²) < 4.78 is 0. The fourth-order valence-electron chi connectivity index (χ4n) is 2.26. The Kier molecular flexibility index (Phi) is 5.16. The van der Waals surface area contributed by atoms with Gasteiger partial charge in [0.15, 0.2) is 0 Å². The molecule has 0 aliphatic carbocycles. The maximum absolute atomic E-state index is 3.93. The van der Waals surface area contributed by atoms with Crippen LogP contribution in [0.4, 0.5) is 0 Å². The van der Waals surface area contributed by atoms with Gasteiger partial charge in [-0.15, -0.1) is 0 Å². The summed E-state index contributed by atoms with van der Waals surface area (Å²) in [5.74, 6) is 0. The van der Waals surface area contributed by atoms with Gasteiger partial charge in [0.1, 0.15) is 0 Å². The first-order valence-corrected chi connectivity index (χ1v) is 9.55.